The van der Waals surface area contributed by atoms with Crippen molar-refractivity contribution in [1.82, 2.24) is 24.8 Å². The van der Waals surface area contributed by atoms with Crippen LogP contribution in [0.1, 0.15) is 43.9 Å². The van der Waals surface area contributed by atoms with Crippen molar-refractivity contribution in [2.75, 3.05) is 31.5 Å². The van der Waals surface area contributed by atoms with Gasteiger partial charge in [0.05, 0.1) is 12.2 Å². The number of hydrogen-bond acceptors (Lipinski definition) is 6. The van der Waals surface area contributed by atoms with Crippen LogP contribution in [0.3, 0.4) is 0 Å². The number of carbonyl (C=O) groups excluding carboxylic acids is 1. The third-order valence-electron chi connectivity index (χ3n) is 6.19. The Morgan fingerprint density at radius 2 is 1.86 bits per heavy atom. The largest absolute Gasteiger partial charge is 0.355 e. The molecule has 154 valence electrons. The Bertz CT molecular complexity index is 802. The summed E-state index contributed by atoms with van der Waals surface area (Å²) in [5.74, 6) is 0.954. The molecule has 0 aliphatic carbocycles. The van der Waals surface area contributed by atoms with Crippen LogP contribution in [0.15, 0.2) is 36.8 Å². The third kappa shape index (κ3) is 4.90. The van der Waals surface area contributed by atoms with Crippen LogP contribution in [0.5, 0.6) is 0 Å². The second-order valence-corrected chi connectivity index (χ2v) is 8.29. The van der Waals surface area contributed by atoms with E-state index in [0.717, 1.165) is 63.2 Å². The number of carbonyl (C=O) groups is 1. The number of aromatic nitrogens is 3. The number of rotatable bonds is 6. The Balaban J connectivity index is 1.32. The number of likely N-dealkylation sites (tertiary alicyclic amines) is 2. The number of nitrogens with zero attached hydrogens (tertiary/aromatic N) is 5. The minimum Gasteiger partial charge on any atom is -0.355 e. The first-order valence-corrected chi connectivity index (χ1v) is 10.6. The van der Waals surface area contributed by atoms with Crippen molar-refractivity contribution in [3.8, 4) is 0 Å². The quantitative estimate of drug-likeness (QED) is 0.812. The minimum absolute atomic E-state index is 0.255. The molecule has 4 rings (SSSR count). The molecule has 1 amide bonds. The lowest BCUT2D eigenvalue weighted by atomic mass is 9.72. The first-order valence-electron chi connectivity index (χ1n) is 10.6. The highest BCUT2D eigenvalue weighted by atomic mass is 16.2. The molecule has 2 saturated heterocycles. The smallest absolute Gasteiger partial charge is 0.222 e. The van der Waals surface area contributed by atoms with Gasteiger partial charge in [-0.25, -0.2) is 9.97 Å². The molecule has 0 radical (unpaired) electrons. The van der Waals surface area contributed by atoms with Crippen molar-refractivity contribution in [1.29, 1.82) is 0 Å². The van der Waals surface area contributed by atoms with Gasteiger partial charge in [-0.15, -0.1) is 0 Å². The van der Waals surface area contributed by atoms with Crippen molar-refractivity contribution >= 4 is 11.9 Å². The van der Waals surface area contributed by atoms with Gasteiger partial charge >= 0.3 is 0 Å². The summed E-state index contributed by atoms with van der Waals surface area (Å²) in [5, 5.41) is 3.13. The summed E-state index contributed by atoms with van der Waals surface area (Å²) in [7, 11) is 0. The van der Waals surface area contributed by atoms with Gasteiger partial charge in [-0.05, 0) is 56.8 Å². The molecule has 0 saturated carbocycles. The van der Waals surface area contributed by atoms with E-state index in [1.165, 1.54) is 0 Å². The van der Waals surface area contributed by atoms with Crippen LogP contribution in [0, 0.1) is 5.41 Å². The molecule has 2 aromatic rings. The molecule has 29 heavy (non-hydrogen) atoms. The summed E-state index contributed by atoms with van der Waals surface area (Å²) in [6.07, 6.45) is 9.58. The van der Waals surface area contributed by atoms with Crippen LogP contribution >= 0.6 is 0 Å². The molecule has 2 aromatic heterocycles. The van der Waals surface area contributed by atoms with E-state index in [0.29, 0.717) is 18.9 Å². The minimum atomic E-state index is 0.255. The maximum absolute atomic E-state index is 12.5. The number of nitrogens with one attached hydrogen (secondary N) is 1. The van der Waals surface area contributed by atoms with Gasteiger partial charge in [-0.1, -0.05) is 6.07 Å². The van der Waals surface area contributed by atoms with Crippen LogP contribution in [0.2, 0.25) is 0 Å². The predicted molar refractivity (Wildman–Crippen MR) is 112 cm³/mol. The zero-order valence-corrected chi connectivity index (χ0v) is 17.2. The number of anilines is 1. The van der Waals surface area contributed by atoms with Crippen LogP contribution in [0.25, 0.3) is 0 Å². The van der Waals surface area contributed by atoms with E-state index in [1.807, 2.05) is 42.4 Å². The summed E-state index contributed by atoms with van der Waals surface area (Å²) in [6.45, 7) is 7.35. The molecule has 4 heterocycles. The fourth-order valence-electron chi connectivity index (χ4n) is 4.47. The second-order valence-electron chi connectivity index (χ2n) is 8.29. The van der Waals surface area contributed by atoms with E-state index in [9.17, 15) is 4.79 Å². The lowest BCUT2D eigenvalue weighted by Crippen LogP contribution is -2.51. The van der Waals surface area contributed by atoms with Gasteiger partial charge in [0.25, 0.3) is 0 Å². The van der Waals surface area contributed by atoms with Gasteiger partial charge in [-0.3, -0.25) is 14.7 Å². The fourth-order valence-corrected chi connectivity index (χ4v) is 4.47. The molecule has 7 heteroatoms. The Hall–Kier alpha value is -2.54. The van der Waals surface area contributed by atoms with Crippen molar-refractivity contribution in [2.24, 2.45) is 5.41 Å². The van der Waals surface area contributed by atoms with Crippen molar-refractivity contribution in [3.05, 3.63) is 48.0 Å². The average molecular weight is 395 g/mol. The summed E-state index contributed by atoms with van der Waals surface area (Å²) >= 11 is 0. The first kappa shape index (κ1) is 19.8. The highest BCUT2D eigenvalue weighted by Crippen LogP contribution is 2.40. The second kappa shape index (κ2) is 8.86. The SMILES string of the molecule is CCNc1ncc(CN2CCC3(CCC(=O)N(Cc4ccccn4)C3)CC2)cn1. The monoisotopic (exact) mass is 394 g/mol. The van der Waals surface area contributed by atoms with Crippen molar-refractivity contribution < 1.29 is 4.79 Å². The molecular weight excluding hydrogens is 364 g/mol. The number of piperidine rings is 2. The lowest BCUT2D eigenvalue weighted by Gasteiger charge is -2.47. The van der Waals surface area contributed by atoms with E-state index in [-0.39, 0.29) is 11.3 Å². The molecule has 2 fully saturated rings. The third-order valence-corrected chi connectivity index (χ3v) is 6.19. The van der Waals surface area contributed by atoms with E-state index in [4.69, 9.17) is 0 Å². The van der Waals surface area contributed by atoms with Gasteiger partial charge in [0, 0.05) is 50.2 Å². The Kier molecular flexibility index (Phi) is 6.04. The maximum Gasteiger partial charge on any atom is 0.222 e. The van der Waals surface area contributed by atoms with E-state index >= 15 is 0 Å². The zero-order valence-electron chi connectivity index (χ0n) is 17.2. The van der Waals surface area contributed by atoms with Gasteiger partial charge in [0.15, 0.2) is 0 Å². The molecule has 1 spiro atoms. The van der Waals surface area contributed by atoms with E-state index < -0.39 is 0 Å². The molecule has 0 aromatic carbocycles. The highest BCUT2D eigenvalue weighted by Gasteiger charge is 2.40. The number of pyridine rings is 1. The Morgan fingerprint density at radius 3 is 2.55 bits per heavy atom. The predicted octanol–water partition coefficient (Wildman–Crippen LogP) is 2.71. The molecule has 0 bridgehead atoms. The Labute approximate surface area is 172 Å². The molecule has 1 N–H and O–H groups in total. The Morgan fingerprint density at radius 1 is 1.07 bits per heavy atom. The summed E-state index contributed by atoms with van der Waals surface area (Å²) in [4.78, 5) is 30.1. The van der Waals surface area contributed by atoms with Crippen LogP contribution in [0.4, 0.5) is 5.95 Å². The van der Waals surface area contributed by atoms with Gasteiger partial charge < -0.3 is 10.2 Å². The van der Waals surface area contributed by atoms with Crippen molar-refractivity contribution in [2.45, 2.75) is 45.7 Å². The molecule has 2 aliphatic rings. The van der Waals surface area contributed by atoms with Crippen molar-refractivity contribution in [3.63, 3.8) is 0 Å². The fraction of sp³-hybridized carbons (Fsp3) is 0.545. The van der Waals surface area contributed by atoms with E-state index in [1.54, 1.807) is 6.20 Å². The normalized spacial score (nSPS) is 19.5. The summed E-state index contributed by atoms with van der Waals surface area (Å²) < 4.78 is 0. The molecule has 7 nitrogen and oxygen atoms in total. The van der Waals surface area contributed by atoms with Crippen LogP contribution < -0.4 is 5.32 Å². The maximum atomic E-state index is 12.5. The van der Waals surface area contributed by atoms with Gasteiger partial charge in [0.2, 0.25) is 11.9 Å². The number of amides is 1. The summed E-state index contributed by atoms with van der Waals surface area (Å²) in [5.41, 5.74) is 2.37. The van der Waals surface area contributed by atoms with Gasteiger partial charge in [0.1, 0.15) is 0 Å². The topological polar surface area (TPSA) is 74.2 Å². The highest BCUT2D eigenvalue weighted by molar-refractivity contribution is 5.77. The molecule has 0 unspecified atom stereocenters. The van der Waals surface area contributed by atoms with Gasteiger partial charge in [-0.2, -0.15) is 0 Å². The number of hydrogen-bond donors (Lipinski definition) is 1. The lowest BCUT2D eigenvalue weighted by molar-refractivity contribution is -0.140. The molecular formula is C22H30N6O. The standard InChI is InChI=1S/C22H30N6O/c1-2-23-21-25-13-18(14-26-21)15-27-11-8-22(9-12-27)7-6-20(29)28(17-22)16-19-5-3-4-10-24-19/h3-5,10,13-14H,2,6-9,11-12,15-17H2,1H3,(H,23,25,26). The van der Waals surface area contributed by atoms with Crippen LogP contribution in [-0.2, 0) is 17.9 Å². The molecule has 0 atom stereocenters. The molecule has 2 aliphatic heterocycles. The first-order chi connectivity index (χ1) is 14.2. The summed E-state index contributed by atoms with van der Waals surface area (Å²) in [6, 6.07) is 5.90. The van der Waals surface area contributed by atoms with E-state index in [2.05, 4.69) is 25.2 Å². The van der Waals surface area contributed by atoms with Crippen LogP contribution in [-0.4, -0.2) is 56.8 Å². The average Bonchev–Trinajstić information content (AvgIpc) is 2.75. The zero-order chi connectivity index (χ0) is 20.1.